The standard InChI is InChI=1S/C6H8N4O3/c1-4(11)8-5-2-7-10(9-5)3-6(12)13/h2H,3H2,1H3,(H,12,13)(H,8,9,11). The number of carbonyl (C=O) groups is 2. The molecule has 2 N–H and O–H groups in total. The summed E-state index contributed by atoms with van der Waals surface area (Å²) in [7, 11) is 0. The fraction of sp³-hybridized carbons (Fsp3) is 0.333. The van der Waals surface area contributed by atoms with Gasteiger partial charge in [-0.05, 0) is 0 Å². The van der Waals surface area contributed by atoms with Crippen molar-refractivity contribution in [1.29, 1.82) is 0 Å². The smallest absolute Gasteiger partial charge is 0.327 e. The van der Waals surface area contributed by atoms with Gasteiger partial charge in [0.1, 0.15) is 0 Å². The third-order valence-electron chi connectivity index (χ3n) is 1.12. The SMILES string of the molecule is CC(=O)Nc1cnn(CC(=O)O)n1. The topological polar surface area (TPSA) is 97.1 Å². The number of nitrogens with one attached hydrogen (secondary N) is 1. The summed E-state index contributed by atoms with van der Waals surface area (Å²) in [5.41, 5.74) is 0. The fourth-order valence-corrected chi connectivity index (χ4v) is 0.732. The van der Waals surface area contributed by atoms with E-state index in [1.54, 1.807) is 0 Å². The molecule has 7 nitrogen and oxygen atoms in total. The molecule has 70 valence electrons. The Hall–Kier alpha value is -1.92. The van der Waals surface area contributed by atoms with E-state index in [1.807, 2.05) is 0 Å². The minimum atomic E-state index is -1.04. The molecule has 1 amide bonds. The molecule has 0 saturated carbocycles. The molecule has 7 heteroatoms. The van der Waals surface area contributed by atoms with E-state index in [4.69, 9.17) is 5.11 Å². The number of anilines is 1. The highest BCUT2D eigenvalue weighted by Crippen LogP contribution is 1.97. The molecule has 0 radical (unpaired) electrons. The number of carbonyl (C=O) groups excluding carboxylic acids is 1. The first-order valence-electron chi connectivity index (χ1n) is 3.47. The van der Waals surface area contributed by atoms with Gasteiger partial charge >= 0.3 is 5.97 Å². The van der Waals surface area contributed by atoms with Gasteiger partial charge in [0.15, 0.2) is 12.4 Å². The Kier molecular flexibility index (Phi) is 2.58. The molecule has 1 heterocycles. The third kappa shape index (κ3) is 2.89. The van der Waals surface area contributed by atoms with Gasteiger partial charge in [-0.3, -0.25) is 9.59 Å². The molecular formula is C6H8N4O3. The number of carboxylic acids is 1. The molecule has 0 fully saturated rings. The second kappa shape index (κ2) is 3.65. The lowest BCUT2D eigenvalue weighted by Gasteiger charge is -1.93. The number of amides is 1. The Morgan fingerprint density at radius 1 is 1.69 bits per heavy atom. The molecular weight excluding hydrogens is 176 g/mol. The Morgan fingerprint density at radius 2 is 2.38 bits per heavy atom. The average Bonchev–Trinajstić information content (AvgIpc) is 2.33. The van der Waals surface area contributed by atoms with Crippen LogP contribution in [0.25, 0.3) is 0 Å². The molecule has 0 aliphatic rings. The molecule has 0 saturated heterocycles. The van der Waals surface area contributed by atoms with Crippen molar-refractivity contribution < 1.29 is 14.7 Å². The van der Waals surface area contributed by atoms with Crippen LogP contribution in [0, 0.1) is 0 Å². The number of aliphatic carboxylic acids is 1. The Morgan fingerprint density at radius 3 is 2.92 bits per heavy atom. The maximum Gasteiger partial charge on any atom is 0.327 e. The number of hydrogen-bond acceptors (Lipinski definition) is 4. The van der Waals surface area contributed by atoms with Gasteiger partial charge in [0.25, 0.3) is 0 Å². The summed E-state index contributed by atoms with van der Waals surface area (Å²) < 4.78 is 0. The van der Waals surface area contributed by atoms with E-state index in [9.17, 15) is 9.59 Å². The highest BCUT2D eigenvalue weighted by atomic mass is 16.4. The second-order valence-corrected chi connectivity index (χ2v) is 2.34. The number of rotatable bonds is 3. The minimum Gasteiger partial charge on any atom is -0.480 e. The largest absolute Gasteiger partial charge is 0.480 e. The zero-order valence-electron chi connectivity index (χ0n) is 6.89. The molecule has 0 aliphatic heterocycles. The number of aromatic nitrogens is 3. The molecule has 0 unspecified atom stereocenters. The van der Waals surface area contributed by atoms with Crippen molar-refractivity contribution in [3.63, 3.8) is 0 Å². The quantitative estimate of drug-likeness (QED) is 0.648. The van der Waals surface area contributed by atoms with Crippen LogP contribution in [-0.4, -0.2) is 32.0 Å². The lowest BCUT2D eigenvalue weighted by atomic mass is 10.6. The molecule has 0 bridgehead atoms. The zero-order valence-corrected chi connectivity index (χ0v) is 6.89. The summed E-state index contributed by atoms with van der Waals surface area (Å²) in [4.78, 5) is 21.7. The Labute approximate surface area is 73.4 Å². The normalized spacial score (nSPS) is 9.62. The summed E-state index contributed by atoms with van der Waals surface area (Å²) in [5.74, 6) is -1.07. The molecule has 0 spiro atoms. The van der Waals surface area contributed by atoms with E-state index < -0.39 is 5.97 Å². The first-order valence-corrected chi connectivity index (χ1v) is 3.47. The summed E-state index contributed by atoms with van der Waals surface area (Å²) in [6.07, 6.45) is 1.28. The molecule has 0 atom stereocenters. The zero-order chi connectivity index (χ0) is 9.84. The van der Waals surface area contributed by atoms with E-state index in [1.165, 1.54) is 13.1 Å². The maximum absolute atomic E-state index is 10.5. The van der Waals surface area contributed by atoms with Gasteiger partial charge in [0, 0.05) is 6.92 Å². The Bertz CT molecular complexity index is 302. The number of hydrogen-bond donors (Lipinski definition) is 2. The van der Waals surface area contributed by atoms with Crippen LogP contribution in [0.2, 0.25) is 0 Å². The molecule has 13 heavy (non-hydrogen) atoms. The second-order valence-electron chi connectivity index (χ2n) is 2.34. The van der Waals surface area contributed by atoms with Gasteiger partial charge < -0.3 is 10.4 Å². The predicted molar refractivity (Wildman–Crippen MR) is 42.0 cm³/mol. The van der Waals surface area contributed by atoms with Gasteiger partial charge in [-0.1, -0.05) is 0 Å². The van der Waals surface area contributed by atoms with E-state index in [-0.39, 0.29) is 18.3 Å². The number of nitrogens with zero attached hydrogens (tertiary/aromatic N) is 3. The average molecular weight is 184 g/mol. The van der Waals surface area contributed by atoms with E-state index in [0.717, 1.165) is 4.80 Å². The van der Waals surface area contributed by atoms with Crippen LogP contribution >= 0.6 is 0 Å². The summed E-state index contributed by atoms with van der Waals surface area (Å²) in [6, 6.07) is 0. The van der Waals surface area contributed by atoms with Crippen molar-refractivity contribution >= 4 is 17.7 Å². The van der Waals surface area contributed by atoms with Gasteiger partial charge in [0.2, 0.25) is 5.91 Å². The molecule has 1 aromatic rings. The van der Waals surface area contributed by atoms with Crippen molar-refractivity contribution in [2.45, 2.75) is 13.5 Å². The fourth-order valence-electron chi connectivity index (χ4n) is 0.732. The van der Waals surface area contributed by atoms with Crippen LogP contribution in [0.1, 0.15) is 6.92 Å². The molecule has 0 aliphatic carbocycles. The van der Waals surface area contributed by atoms with Crippen molar-refractivity contribution in [3.05, 3.63) is 6.20 Å². The maximum atomic E-state index is 10.5. The van der Waals surface area contributed by atoms with Crippen LogP contribution in [-0.2, 0) is 16.1 Å². The lowest BCUT2D eigenvalue weighted by Crippen LogP contribution is -2.12. The summed E-state index contributed by atoms with van der Waals surface area (Å²) >= 11 is 0. The van der Waals surface area contributed by atoms with Crippen LogP contribution in [0.3, 0.4) is 0 Å². The van der Waals surface area contributed by atoms with Gasteiger partial charge in [-0.2, -0.15) is 9.90 Å². The monoisotopic (exact) mass is 184 g/mol. The third-order valence-corrected chi connectivity index (χ3v) is 1.12. The van der Waals surface area contributed by atoms with Crippen LogP contribution < -0.4 is 5.32 Å². The van der Waals surface area contributed by atoms with Gasteiger partial charge in [-0.15, -0.1) is 5.10 Å². The highest BCUT2D eigenvalue weighted by Gasteiger charge is 2.04. The van der Waals surface area contributed by atoms with Gasteiger partial charge in [-0.25, -0.2) is 0 Å². The Balaban J connectivity index is 2.63. The van der Waals surface area contributed by atoms with E-state index in [0.29, 0.717) is 0 Å². The minimum absolute atomic E-state index is 0.244. The van der Waals surface area contributed by atoms with Gasteiger partial charge in [0.05, 0.1) is 6.20 Å². The van der Waals surface area contributed by atoms with Crippen LogP contribution in [0.4, 0.5) is 5.82 Å². The molecule has 1 aromatic heterocycles. The number of carboxylic acid groups (broad SMARTS) is 1. The molecule has 1 rings (SSSR count). The van der Waals surface area contributed by atoms with Crippen molar-refractivity contribution in [2.75, 3.05) is 5.32 Å². The first kappa shape index (κ1) is 9.17. The van der Waals surface area contributed by atoms with Crippen molar-refractivity contribution in [2.24, 2.45) is 0 Å². The lowest BCUT2D eigenvalue weighted by molar-refractivity contribution is -0.138. The van der Waals surface area contributed by atoms with E-state index >= 15 is 0 Å². The summed E-state index contributed by atoms with van der Waals surface area (Å²) in [6.45, 7) is 1.01. The van der Waals surface area contributed by atoms with Crippen LogP contribution in [0.15, 0.2) is 6.20 Å². The summed E-state index contributed by atoms with van der Waals surface area (Å²) in [5, 5.41) is 18.0. The first-order chi connectivity index (χ1) is 6.08. The predicted octanol–water partition coefficient (Wildman–Crippen LogP) is -0.679. The highest BCUT2D eigenvalue weighted by molar-refractivity contribution is 5.87. The van der Waals surface area contributed by atoms with E-state index in [2.05, 4.69) is 15.5 Å². The van der Waals surface area contributed by atoms with Crippen LogP contribution in [0.5, 0.6) is 0 Å². The van der Waals surface area contributed by atoms with Crippen molar-refractivity contribution in [3.8, 4) is 0 Å². The molecule has 0 aromatic carbocycles. The van der Waals surface area contributed by atoms with Crippen molar-refractivity contribution in [1.82, 2.24) is 15.0 Å².